The highest BCUT2D eigenvalue weighted by molar-refractivity contribution is 7.09. The minimum absolute atomic E-state index is 0.151. The number of benzene rings is 3. The summed E-state index contributed by atoms with van der Waals surface area (Å²) in [5.41, 5.74) is 3.26. The maximum atomic E-state index is 13.4. The summed E-state index contributed by atoms with van der Waals surface area (Å²) in [6.07, 6.45) is 0.191. The van der Waals surface area contributed by atoms with Crippen LogP contribution in [-0.2, 0) is 22.6 Å². The Kier molecular flexibility index (Phi) is 8.36. The fourth-order valence-electron chi connectivity index (χ4n) is 3.66. The molecular formula is C28H26ClN3O3S. The van der Waals surface area contributed by atoms with Gasteiger partial charge in [-0.2, -0.15) is 0 Å². The molecule has 0 fully saturated rings. The van der Waals surface area contributed by atoms with Gasteiger partial charge < -0.3 is 15.0 Å². The van der Waals surface area contributed by atoms with Crippen molar-refractivity contribution in [1.82, 2.24) is 9.88 Å². The van der Waals surface area contributed by atoms with Gasteiger partial charge in [0.2, 0.25) is 11.8 Å². The normalized spacial score (nSPS) is 11.5. The summed E-state index contributed by atoms with van der Waals surface area (Å²) < 4.78 is 5.18. The van der Waals surface area contributed by atoms with Gasteiger partial charge in [-0.1, -0.05) is 54.1 Å². The molecule has 2 amide bonds. The minimum atomic E-state index is -0.716. The summed E-state index contributed by atoms with van der Waals surface area (Å²) in [5.74, 6) is 0.263. The Balaban J connectivity index is 1.54. The number of rotatable bonds is 9. The van der Waals surface area contributed by atoms with E-state index in [1.165, 1.54) is 11.3 Å². The molecule has 184 valence electrons. The van der Waals surface area contributed by atoms with E-state index in [1.54, 1.807) is 43.2 Å². The van der Waals surface area contributed by atoms with Crippen LogP contribution in [0.15, 0.2) is 84.2 Å². The first kappa shape index (κ1) is 25.4. The number of aromatic nitrogens is 1. The highest BCUT2D eigenvalue weighted by Gasteiger charge is 2.27. The second kappa shape index (κ2) is 11.8. The zero-order valence-corrected chi connectivity index (χ0v) is 21.6. The van der Waals surface area contributed by atoms with Crippen LogP contribution >= 0.6 is 22.9 Å². The number of ether oxygens (including phenoxy) is 1. The van der Waals surface area contributed by atoms with Crippen LogP contribution in [0.25, 0.3) is 11.3 Å². The highest BCUT2D eigenvalue weighted by atomic mass is 35.5. The third-order valence-corrected chi connectivity index (χ3v) is 6.81. The fourth-order valence-corrected chi connectivity index (χ4v) is 4.59. The van der Waals surface area contributed by atoms with Crippen LogP contribution in [-0.4, -0.2) is 34.8 Å². The van der Waals surface area contributed by atoms with Crippen LogP contribution in [0.1, 0.15) is 17.5 Å². The van der Waals surface area contributed by atoms with Crippen LogP contribution in [0.3, 0.4) is 0 Å². The van der Waals surface area contributed by atoms with Gasteiger partial charge in [0.25, 0.3) is 0 Å². The lowest BCUT2D eigenvalue weighted by Gasteiger charge is -2.28. The van der Waals surface area contributed by atoms with Crippen molar-refractivity contribution in [2.45, 2.75) is 25.9 Å². The van der Waals surface area contributed by atoms with Gasteiger partial charge >= 0.3 is 0 Å². The molecular weight excluding hydrogens is 494 g/mol. The fraction of sp³-hybridized carbons (Fsp3) is 0.179. The third-order valence-electron chi connectivity index (χ3n) is 5.72. The second-order valence-corrected chi connectivity index (χ2v) is 9.59. The number of carbonyl (C=O) groups is 2. The number of nitrogens with zero attached hydrogens (tertiary/aromatic N) is 2. The number of nitrogens with one attached hydrogen (secondary N) is 1. The van der Waals surface area contributed by atoms with Gasteiger partial charge in [0.05, 0.1) is 25.8 Å². The summed E-state index contributed by atoms with van der Waals surface area (Å²) in [5, 5.41) is 6.24. The molecule has 8 heteroatoms. The Morgan fingerprint density at radius 2 is 1.72 bits per heavy atom. The van der Waals surface area contributed by atoms with Crippen molar-refractivity contribution < 1.29 is 14.3 Å². The van der Waals surface area contributed by atoms with E-state index in [9.17, 15) is 9.59 Å². The molecule has 0 aliphatic heterocycles. The Labute approximate surface area is 219 Å². The summed E-state index contributed by atoms with van der Waals surface area (Å²) >= 11 is 7.46. The molecule has 4 rings (SSSR count). The predicted molar refractivity (Wildman–Crippen MR) is 144 cm³/mol. The van der Waals surface area contributed by atoms with E-state index in [0.29, 0.717) is 16.5 Å². The molecule has 1 unspecified atom stereocenters. The van der Waals surface area contributed by atoms with E-state index in [1.807, 2.05) is 60.0 Å². The van der Waals surface area contributed by atoms with E-state index in [4.69, 9.17) is 21.3 Å². The zero-order valence-electron chi connectivity index (χ0n) is 20.0. The molecule has 36 heavy (non-hydrogen) atoms. The summed E-state index contributed by atoms with van der Waals surface area (Å²) in [6.45, 7) is 1.95. The van der Waals surface area contributed by atoms with Crippen molar-refractivity contribution in [3.05, 3.63) is 99.8 Å². The number of hydrogen-bond donors (Lipinski definition) is 1. The number of amides is 2. The van der Waals surface area contributed by atoms with Crippen molar-refractivity contribution in [3.8, 4) is 17.0 Å². The Morgan fingerprint density at radius 1 is 1.03 bits per heavy atom. The van der Waals surface area contributed by atoms with E-state index in [-0.39, 0.29) is 24.8 Å². The zero-order chi connectivity index (χ0) is 25.5. The SMILES string of the molecule is COc1ccc(NC(=O)C(C)N(Cc2nc(-c3ccc(Cl)cc3)cs2)C(=O)Cc2ccccc2)cc1. The number of methoxy groups -OCH3 is 1. The van der Waals surface area contributed by atoms with E-state index in [0.717, 1.165) is 21.8 Å². The van der Waals surface area contributed by atoms with Gasteiger partial charge in [0.15, 0.2) is 0 Å². The van der Waals surface area contributed by atoms with Crippen molar-refractivity contribution in [2.24, 2.45) is 0 Å². The lowest BCUT2D eigenvalue weighted by atomic mass is 10.1. The second-order valence-electron chi connectivity index (χ2n) is 8.21. The molecule has 1 atom stereocenters. The van der Waals surface area contributed by atoms with Gasteiger partial charge in [-0.25, -0.2) is 4.98 Å². The van der Waals surface area contributed by atoms with Crippen LogP contribution in [0.5, 0.6) is 5.75 Å². The first-order chi connectivity index (χ1) is 17.4. The monoisotopic (exact) mass is 519 g/mol. The molecule has 0 bridgehead atoms. The summed E-state index contributed by atoms with van der Waals surface area (Å²) in [4.78, 5) is 32.9. The smallest absolute Gasteiger partial charge is 0.246 e. The minimum Gasteiger partial charge on any atom is -0.497 e. The lowest BCUT2D eigenvalue weighted by molar-refractivity contribution is -0.138. The first-order valence-corrected chi connectivity index (χ1v) is 12.7. The van der Waals surface area contributed by atoms with Crippen LogP contribution in [0.2, 0.25) is 5.02 Å². The molecule has 4 aromatic rings. The van der Waals surface area contributed by atoms with Crippen LogP contribution in [0, 0.1) is 0 Å². The van der Waals surface area contributed by atoms with E-state index >= 15 is 0 Å². The molecule has 0 saturated carbocycles. The Bertz CT molecular complexity index is 1310. The molecule has 3 aromatic carbocycles. The standard InChI is InChI=1S/C28H26ClN3O3S/c1-19(28(34)30-23-12-14-24(35-2)15-13-23)32(27(33)16-20-6-4-3-5-7-20)17-26-31-25(18-36-26)21-8-10-22(29)11-9-21/h3-15,18-19H,16-17H2,1-2H3,(H,30,34). The number of carbonyl (C=O) groups excluding carboxylic acids is 2. The predicted octanol–water partition coefficient (Wildman–Crippen LogP) is 6.07. The van der Waals surface area contributed by atoms with Crippen LogP contribution < -0.4 is 10.1 Å². The number of hydrogen-bond acceptors (Lipinski definition) is 5. The van der Waals surface area contributed by atoms with Crippen LogP contribution in [0.4, 0.5) is 5.69 Å². The maximum absolute atomic E-state index is 13.4. The lowest BCUT2D eigenvalue weighted by Crippen LogP contribution is -2.45. The average Bonchev–Trinajstić information content (AvgIpc) is 3.37. The number of halogens is 1. The Hall–Kier alpha value is -3.68. The van der Waals surface area contributed by atoms with E-state index in [2.05, 4.69) is 5.32 Å². The molecule has 0 aliphatic rings. The summed E-state index contributed by atoms with van der Waals surface area (Å²) in [6, 6.07) is 23.3. The van der Waals surface area contributed by atoms with Gasteiger partial charge in [0, 0.05) is 21.7 Å². The molecule has 0 saturated heterocycles. The first-order valence-electron chi connectivity index (χ1n) is 11.4. The molecule has 0 radical (unpaired) electrons. The highest BCUT2D eigenvalue weighted by Crippen LogP contribution is 2.25. The molecule has 6 nitrogen and oxygen atoms in total. The third kappa shape index (κ3) is 6.50. The van der Waals surface area contributed by atoms with Crippen molar-refractivity contribution in [2.75, 3.05) is 12.4 Å². The quantitative estimate of drug-likeness (QED) is 0.291. The average molecular weight is 520 g/mol. The van der Waals surface area contributed by atoms with Gasteiger partial charge in [-0.05, 0) is 48.9 Å². The summed E-state index contributed by atoms with van der Waals surface area (Å²) in [7, 11) is 1.59. The molecule has 1 N–H and O–H groups in total. The molecule has 1 heterocycles. The van der Waals surface area contributed by atoms with Gasteiger partial charge in [-0.15, -0.1) is 11.3 Å². The Morgan fingerprint density at radius 3 is 2.39 bits per heavy atom. The van der Waals surface area contributed by atoms with Gasteiger partial charge in [0.1, 0.15) is 16.8 Å². The largest absolute Gasteiger partial charge is 0.497 e. The van der Waals surface area contributed by atoms with Gasteiger partial charge in [-0.3, -0.25) is 9.59 Å². The van der Waals surface area contributed by atoms with Crippen molar-refractivity contribution >= 4 is 40.4 Å². The van der Waals surface area contributed by atoms with Crippen molar-refractivity contribution in [1.29, 1.82) is 0 Å². The molecule has 1 aromatic heterocycles. The molecule has 0 spiro atoms. The number of thiazole rings is 1. The molecule has 0 aliphatic carbocycles. The maximum Gasteiger partial charge on any atom is 0.246 e. The number of anilines is 1. The topological polar surface area (TPSA) is 71.5 Å². The van der Waals surface area contributed by atoms with E-state index < -0.39 is 6.04 Å². The van der Waals surface area contributed by atoms with Crippen molar-refractivity contribution in [3.63, 3.8) is 0 Å².